The van der Waals surface area contributed by atoms with E-state index in [-0.39, 0.29) is 18.5 Å². The minimum atomic E-state index is -0.379. The SMILES string of the molecule is Cc1cccc(Cn2cnc3c(NCc4ccc5c(c4)OCO5)nc(N(C)CCN(C)C(=O)c4ccc(F)cc4)nc32)c1. The number of ether oxygens (including phenoxy) is 2. The fourth-order valence-electron chi connectivity index (χ4n) is 4.90. The number of amides is 1. The van der Waals surface area contributed by atoms with E-state index in [1.165, 1.54) is 29.8 Å². The highest BCUT2D eigenvalue weighted by atomic mass is 19.1. The molecule has 0 radical (unpaired) electrons. The molecule has 5 aromatic rings. The van der Waals surface area contributed by atoms with Crippen LogP contribution in [0.3, 0.4) is 0 Å². The highest BCUT2D eigenvalue weighted by Gasteiger charge is 2.19. The van der Waals surface area contributed by atoms with E-state index in [0.29, 0.717) is 60.4 Å². The number of aromatic nitrogens is 4. The number of hydrogen-bond acceptors (Lipinski definition) is 8. The van der Waals surface area contributed by atoms with Gasteiger partial charge in [0, 0.05) is 39.3 Å². The summed E-state index contributed by atoms with van der Waals surface area (Å²) in [7, 11) is 3.61. The quantitative estimate of drug-likeness (QED) is 0.250. The minimum absolute atomic E-state index is 0.188. The van der Waals surface area contributed by atoms with E-state index in [4.69, 9.17) is 19.4 Å². The molecular weight excluding hydrogens is 549 g/mol. The standard InChI is InChI=1S/C32H32FN7O3/c1-21-5-4-6-23(15-21)18-40-19-35-28-29(34-17-22-7-12-26-27(16-22)43-20-42-26)36-32(37-30(28)40)39(3)14-13-38(2)31(41)24-8-10-25(33)11-9-24/h4-12,15-16,19H,13-14,17-18,20H2,1-3H3,(H,34,36,37). The summed E-state index contributed by atoms with van der Waals surface area (Å²) >= 11 is 0. The molecule has 220 valence electrons. The predicted octanol–water partition coefficient (Wildman–Crippen LogP) is 4.87. The zero-order valence-electron chi connectivity index (χ0n) is 24.2. The summed E-state index contributed by atoms with van der Waals surface area (Å²) < 4.78 is 26.3. The number of imidazole rings is 1. The molecule has 1 amide bonds. The molecule has 0 aliphatic carbocycles. The van der Waals surface area contributed by atoms with E-state index in [1.807, 2.05) is 40.8 Å². The number of aryl methyl sites for hydroxylation is 1. The first-order valence-corrected chi connectivity index (χ1v) is 14.0. The zero-order valence-corrected chi connectivity index (χ0v) is 24.2. The van der Waals surface area contributed by atoms with Gasteiger partial charge < -0.3 is 29.2 Å². The number of benzene rings is 3. The molecule has 1 aliphatic rings. The number of halogens is 1. The molecule has 3 heterocycles. The summed E-state index contributed by atoms with van der Waals surface area (Å²) in [6.07, 6.45) is 1.78. The molecule has 0 bridgehead atoms. The van der Waals surface area contributed by atoms with Gasteiger partial charge in [0.25, 0.3) is 5.91 Å². The second kappa shape index (κ2) is 12.0. The highest BCUT2D eigenvalue weighted by Crippen LogP contribution is 2.33. The molecule has 1 N–H and O–H groups in total. The van der Waals surface area contributed by atoms with Gasteiger partial charge in [-0.05, 0) is 54.4 Å². The molecule has 0 saturated heterocycles. The third-order valence-corrected chi connectivity index (χ3v) is 7.33. The van der Waals surface area contributed by atoms with E-state index in [2.05, 4.69) is 35.4 Å². The monoisotopic (exact) mass is 581 g/mol. The molecule has 1 aliphatic heterocycles. The fourth-order valence-corrected chi connectivity index (χ4v) is 4.90. The molecule has 0 saturated carbocycles. The molecule has 11 heteroatoms. The molecule has 3 aromatic carbocycles. The normalized spacial score (nSPS) is 12.0. The number of fused-ring (bicyclic) bond motifs is 2. The maximum absolute atomic E-state index is 13.3. The lowest BCUT2D eigenvalue weighted by Gasteiger charge is -2.23. The number of nitrogens with one attached hydrogen (secondary N) is 1. The summed E-state index contributed by atoms with van der Waals surface area (Å²) in [6.45, 7) is 4.28. The van der Waals surface area contributed by atoms with Gasteiger partial charge in [-0.2, -0.15) is 9.97 Å². The number of likely N-dealkylation sites (N-methyl/N-ethyl adjacent to an activating group) is 2. The van der Waals surface area contributed by atoms with Crippen molar-refractivity contribution >= 4 is 28.8 Å². The first-order valence-electron chi connectivity index (χ1n) is 14.0. The Morgan fingerprint density at radius 3 is 2.60 bits per heavy atom. The van der Waals surface area contributed by atoms with Crippen molar-refractivity contribution in [2.45, 2.75) is 20.0 Å². The van der Waals surface area contributed by atoms with E-state index in [9.17, 15) is 9.18 Å². The number of carbonyl (C=O) groups excluding carboxylic acids is 1. The van der Waals surface area contributed by atoms with Crippen LogP contribution in [0.2, 0.25) is 0 Å². The van der Waals surface area contributed by atoms with Crippen molar-refractivity contribution in [3.8, 4) is 11.5 Å². The fraction of sp³-hybridized carbons (Fsp3) is 0.250. The molecule has 0 fully saturated rings. The van der Waals surface area contributed by atoms with Crippen LogP contribution in [0, 0.1) is 12.7 Å². The number of hydrogen-bond donors (Lipinski definition) is 1. The first kappa shape index (κ1) is 28.0. The van der Waals surface area contributed by atoms with Crippen molar-refractivity contribution in [3.05, 3.63) is 101 Å². The van der Waals surface area contributed by atoms with Crippen LogP contribution in [-0.4, -0.2) is 64.3 Å². The second-order valence-corrected chi connectivity index (χ2v) is 10.6. The Kier molecular flexibility index (Phi) is 7.78. The van der Waals surface area contributed by atoms with Crippen molar-refractivity contribution < 1.29 is 18.7 Å². The number of anilines is 2. The van der Waals surface area contributed by atoms with Gasteiger partial charge in [0.05, 0.1) is 12.9 Å². The van der Waals surface area contributed by atoms with Crippen molar-refractivity contribution in [1.29, 1.82) is 0 Å². The van der Waals surface area contributed by atoms with Crippen LogP contribution >= 0.6 is 0 Å². The molecule has 2 aromatic heterocycles. The minimum Gasteiger partial charge on any atom is -0.454 e. The van der Waals surface area contributed by atoms with Gasteiger partial charge in [-0.25, -0.2) is 9.37 Å². The molecule has 6 rings (SSSR count). The lowest BCUT2D eigenvalue weighted by atomic mass is 10.1. The zero-order chi connectivity index (χ0) is 29.9. The van der Waals surface area contributed by atoms with Crippen LogP contribution in [0.1, 0.15) is 27.0 Å². The average molecular weight is 582 g/mol. The molecule has 0 atom stereocenters. The molecular formula is C32H32FN7O3. The Labute approximate surface area is 248 Å². The highest BCUT2D eigenvalue weighted by molar-refractivity contribution is 5.94. The summed E-state index contributed by atoms with van der Waals surface area (Å²) in [5.41, 5.74) is 5.12. The van der Waals surface area contributed by atoms with Crippen LogP contribution in [0.5, 0.6) is 11.5 Å². The third-order valence-electron chi connectivity index (χ3n) is 7.33. The van der Waals surface area contributed by atoms with Gasteiger partial charge in [-0.15, -0.1) is 0 Å². The summed E-state index contributed by atoms with van der Waals surface area (Å²) in [5.74, 6) is 1.98. The lowest BCUT2D eigenvalue weighted by Crippen LogP contribution is -2.35. The van der Waals surface area contributed by atoms with Gasteiger partial charge in [0.2, 0.25) is 12.7 Å². The smallest absolute Gasteiger partial charge is 0.253 e. The van der Waals surface area contributed by atoms with Crippen LogP contribution in [-0.2, 0) is 13.1 Å². The van der Waals surface area contributed by atoms with Crippen molar-refractivity contribution in [1.82, 2.24) is 24.4 Å². The largest absolute Gasteiger partial charge is 0.454 e. The Bertz CT molecular complexity index is 1770. The molecule has 43 heavy (non-hydrogen) atoms. The Morgan fingerprint density at radius 2 is 1.79 bits per heavy atom. The topological polar surface area (TPSA) is 97.6 Å². The average Bonchev–Trinajstić information content (AvgIpc) is 3.65. The molecule has 0 spiro atoms. The first-order chi connectivity index (χ1) is 20.8. The van der Waals surface area contributed by atoms with E-state index < -0.39 is 0 Å². The van der Waals surface area contributed by atoms with Gasteiger partial charge in [-0.1, -0.05) is 35.9 Å². The van der Waals surface area contributed by atoms with Crippen LogP contribution < -0.4 is 19.7 Å². The summed E-state index contributed by atoms with van der Waals surface area (Å²) in [6, 6.07) is 19.7. The van der Waals surface area contributed by atoms with Crippen LogP contribution in [0.4, 0.5) is 16.2 Å². The van der Waals surface area contributed by atoms with Crippen molar-refractivity contribution in [3.63, 3.8) is 0 Å². The van der Waals surface area contributed by atoms with E-state index >= 15 is 0 Å². The lowest BCUT2D eigenvalue weighted by molar-refractivity contribution is 0.0798. The third kappa shape index (κ3) is 6.20. The molecule has 10 nitrogen and oxygen atoms in total. The summed E-state index contributed by atoms with van der Waals surface area (Å²) in [5, 5.41) is 3.44. The maximum Gasteiger partial charge on any atom is 0.253 e. The Hall–Kier alpha value is -5.19. The number of rotatable bonds is 10. The van der Waals surface area contributed by atoms with Gasteiger partial charge in [-0.3, -0.25) is 4.79 Å². The number of carbonyl (C=O) groups is 1. The van der Waals surface area contributed by atoms with E-state index in [1.54, 1.807) is 18.3 Å². The Balaban J connectivity index is 1.25. The Morgan fingerprint density at radius 1 is 0.977 bits per heavy atom. The van der Waals surface area contributed by atoms with Gasteiger partial charge in [0.1, 0.15) is 5.82 Å². The molecule has 0 unspecified atom stereocenters. The van der Waals surface area contributed by atoms with Gasteiger partial charge in [0.15, 0.2) is 28.5 Å². The van der Waals surface area contributed by atoms with E-state index in [0.717, 1.165) is 16.9 Å². The van der Waals surface area contributed by atoms with Crippen LogP contribution in [0.15, 0.2) is 73.1 Å². The summed E-state index contributed by atoms with van der Waals surface area (Å²) in [4.78, 5) is 30.8. The van der Waals surface area contributed by atoms with Crippen molar-refractivity contribution in [2.24, 2.45) is 0 Å². The second-order valence-electron chi connectivity index (χ2n) is 10.6. The maximum atomic E-state index is 13.3. The van der Waals surface area contributed by atoms with Crippen LogP contribution in [0.25, 0.3) is 11.2 Å². The predicted molar refractivity (Wildman–Crippen MR) is 162 cm³/mol. The number of nitrogens with zero attached hydrogens (tertiary/aromatic N) is 6. The van der Waals surface area contributed by atoms with Gasteiger partial charge >= 0.3 is 0 Å². The van der Waals surface area contributed by atoms with Crippen molar-refractivity contribution in [2.75, 3.05) is 44.2 Å².